The monoisotopic (exact) mass is 244 g/mol. The van der Waals surface area contributed by atoms with Crippen LogP contribution in [0.25, 0.3) is 11.4 Å². The number of rotatable bonds is 2. The highest BCUT2D eigenvalue weighted by Gasteiger charge is 2.14. The van der Waals surface area contributed by atoms with E-state index in [0.717, 1.165) is 17.3 Å². The Bertz CT molecular complexity index is 532. The molecule has 1 aromatic carbocycles. The summed E-state index contributed by atoms with van der Waals surface area (Å²) in [5.74, 6) is 1.64. The molecule has 0 amide bonds. The maximum absolute atomic E-state index is 4.20. The fourth-order valence-corrected chi connectivity index (χ4v) is 1.92. The quantitative estimate of drug-likeness (QED) is 0.883. The normalized spacial score (nSPS) is 11.6. The van der Waals surface area contributed by atoms with E-state index in [1.807, 2.05) is 18.7 Å². The number of benzene rings is 1. The van der Waals surface area contributed by atoms with E-state index in [9.17, 15) is 0 Å². The molecule has 0 spiro atoms. The molecule has 18 heavy (non-hydrogen) atoms. The van der Waals surface area contributed by atoms with Crippen molar-refractivity contribution in [2.75, 3.05) is 12.4 Å². The molecule has 0 aliphatic rings. The Morgan fingerprint density at radius 2 is 1.67 bits per heavy atom. The van der Waals surface area contributed by atoms with Crippen LogP contribution in [-0.4, -0.2) is 21.8 Å². The summed E-state index contributed by atoms with van der Waals surface area (Å²) in [7, 11) is 3.80. The van der Waals surface area contributed by atoms with E-state index < -0.39 is 0 Å². The molecule has 4 nitrogen and oxygen atoms in total. The van der Waals surface area contributed by atoms with Crippen LogP contribution in [0.1, 0.15) is 26.3 Å². The molecule has 0 bridgehead atoms. The zero-order chi connectivity index (χ0) is 13.3. The van der Waals surface area contributed by atoms with Crippen LogP contribution in [0.3, 0.4) is 0 Å². The molecule has 2 rings (SSSR count). The minimum atomic E-state index is 0.175. The molecule has 96 valence electrons. The second-order valence-corrected chi connectivity index (χ2v) is 5.48. The lowest BCUT2D eigenvalue weighted by atomic mass is 9.87. The zero-order valence-corrected chi connectivity index (χ0v) is 11.7. The molecule has 0 radical (unpaired) electrons. The first-order valence-electron chi connectivity index (χ1n) is 6.11. The minimum absolute atomic E-state index is 0.175. The van der Waals surface area contributed by atoms with Gasteiger partial charge in [0.2, 0.25) is 5.95 Å². The standard InChI is InChI=1S/C14H20N4/c1-14(2,3)11-8-6-10(7-9-11)12-16-17-13(15-4)18(12)5/h6-9H,1-5H3,(H,15,17). The van der Waals surface area contributed by atoms with Crippen LogP contribution >= 0.6 is 0 Å². The van der Waals surface area contributed by atoms with Gasteiger partial charge >= 0.3 is 0 Å². The summed E-state index contributed by atoms with van der Waals surface area (Å²) in [4.78, 5) is 0. The van der Waals surface area contributed by atoms with Crippen molar-refractivity contribution in [3.8, 4) is 11.4 Å². The van der Waals surface area contributed by atoms with Gasteiger partial charge in [-0.15, -0.1) is 10.2 Å². The van der Waals surface area contributed by atoms with E-state index in [4.69, 9.17) is 0 Å². The molecular formula is C14H20N4. The van der Waals surface area contributed by atoms with E-state index in [1.165, 1.54) is 5.56 Å². The average molecular weight is 244 g/mol. The number of nitrogens with zero attached hydrogens (tertiary/aromatic N) is 3. The molecule has 0 fully saturated rings. The highest BCUT2D eigenvalue weighted by Crippen LogP contribution is 2.25. The van der Waals surface area contributed by atoms with Crippen molar-refractivity contribution in [1.82, 2.24) is 14.8 Å². The summed E-state index contributed by atoms with van der Waals surface area (Å²) in [5, 5.41) is 11.3. The zero-order valence-electron chi connectivity index (χ0n) is 11.7. The summed E-state index contributed by atoms with van der Waals surface area (Å²) >= 11 is 0. The molecule has 0 atom stereocenters. The summed E-state index contributed by atoms with van der Waals surface area (Å²) in [6.07, 6.45) is 0. The van der Waals surface area contributed by atoms with Gasteiger partial charge in [0.05, 0.1) is 0 Å². The molecule has 1 aromatic heterocycles. The molecule has 0 aliphatic carbocycles. The van der Waals surface area contributed by atoms with E-state index in [2.05, 4.69) is 60.6 Å². The fourth-order valence-electron chi connectivity index (χ4n) is 1.92. The Morgan fingerprint density at radius 1 is 1.06 bits per heavy atom. The fraction of sp³-hybridized carbons (Fsp3) is 0.429. The van der Waals surface area contributed by atoms with Gasteiger partial charge in [-0.1, -0.05) is 45.0 Å². The van der Waals surface area contributed by atoms with Crippen LogP contribution < -0.4 is 5.32 Å². The van der Waals surface area contributed by atoms with Crippen LogP contribution in [0.4, 0.5) is 5.95 Å². The van der Waals surface area contributed by atoms with E-state index in [-0.39, 0.29) is 5.41 Å². The first-order chi connectivity index (χ1) is 8.43. The van der Waals surface area contributed by atoms with Crippen molar-refractivity contribution in [2.24, 2.45) is 7.05 Å². The van der Waals surface area contributed by atoms with Crippen LogP contribution in [0.2, 0.25) is 0 Å². The van der Waals surface area contributed by atoms with Crippen molar-refractivity contribution in [3.63, 3.8) is 0 Å². The Balaban J connectivity index is 2.37. The van der Waals surface area contributed by atoms with Crippen LogP contribution in [0.15, 0.2) is 24.3 Å². The number of hydrogen-bond donors (Lipinski definition) is 1. The van der Waals surface area contributed by atoms with Gasteiger partial charge in [-0.25, -0.2) is 0 Å². The van der Waals surface area contributed by atoms with Crippen molar-refractivity contribution in [3.05, 3.63) is 29.8 Å². The van der Waals surface area contributed by atoms with E-state index in [0.29, 0.717) is 0 Å². The van der Waals surface area contributed by atoms with E-state index in [1.54, 1.807) is 0 Å². The average Bonchev–Trinajstić information content (AvgIpc) is 2.69. The van der Waals surface area contributed by atoms with Gasteiger partial charge in [0.25, 0.3) is 0 Å². The highest BCUT2D eigenvalue weighted by atomic mass is 15.3. The second kappa shape index (κ2) is 4.44. The van der Waals surface area contributed by atoms with Crippen molar-refractivity contribution in [2.45, 2.75) is 26.2 Å². The van der Waals surface area contributed by atoms with Gasteiger partial charge in [0.15, 0.2) is 5.82 Å². The predicted octanol–water partition coefficient (Wildman–Crippen LogP) is 2.82. The van der Waals surface area contributed by atoms with Crippen molar-refractivity contribution >= 4 is 5.95 Å². The number of aromatic nitrogens is 3. The van der Waals surface area contributed by atoms with Crippen LogP contribution in [-0.2, 0) is 12.5 Å². The molecular weight excluding hydrogens is 224 g/mol. The highest BCUT2D eigenvalue weighted by molar-refractivity contribution is 5.58. The lowest BCUT2D eigenvalue weighted by Crippen LogP contribution is -2.10. The molecule has 0 saturated carbocycles. The lowest BCUT2D eigenvalue weighted by Gasteiger charge is -2.19. The number of nitrogens with one attached hydrogen (secondary N) is 1. The third-order valence-corrected chi connectivity index (χ3v) is 3.11. The van der Waals surface area contributed by atoms with Crippen LogP contribution in [0.5, 0.6) is 0 Å². The third-order valence-electron chi connectivity index (χ3n) is 3.11. The van der Waals surface area contributed by atoms with Crippen molar-refractivity contribution < 1.29 is 0 Å². The SMILES string of the molecule is CNc1nnc(-c2ccc(C(C)(C)C)cc2)n1C. The number of anilines is 1. The van der Waals surface area contributed by atoms with Crippen LogP contribution in [0, 0.1) is 0 Å². The maximum Gasteiger partial charge on any atom is 0.224 e. The summed E-state index contributed by atoms with van der Waals surface area (Å²) in [6.45, 7) is 6.64. The van der Waals surface area contributed by atoms with Gasteiger partial charge in [0.1, 0.15) is 0 Å². The smallest absolute Gasteiger partial charge is 0.224 e. The predicted molar refractivity (Wildman–Crippen MR) is 74.7 cm³/mol. The van der Waals surface area contributed by atoms with E-state index >= 15 is 0 Å². The van der Waals surface area contributed by atoms with Gasteiger partial charge in [-0.3, -0.25) is 4.57 Å². The number of hydrogen-bond acceptors (Lipinski definition) is 3. The molecule has 4 heteroatoms. The largest absolute Gasteiger partial charge is 0.357 e. The Kier molecular flexibility index (Phi) is 3.11. The van der Waals surface area contributed by atoms with Gasteiger partial charge in [-0.05, 0) is 11.0 Å². The topological polar surface area (TPSA) is 42.7 Å². The van der Waals surface area contributed by atoms with Gasteiger partial charge in [0, 0.05) is 19.7 Å². The molecule has 2 aromatic rings. The molecule has 1 heterocycles. The van der Waals surface area contributed by atoms with Gasteiger partial charge < -0.3 is 5.32 Å². The Morgan fingerprint density at radius 3 is 2.11 bits per heavy atom. The summed E-state index contributed by atoms with van der Waals surface area (Å²) < 4.78 is 1.95. The third kappa shape index (κ3) is 2.23. The molecule has 1 N–H and O–H groups in total. The molecule has 0 saturated heterocycles. The Labute approximate surface area is 108 Å². The van der Waals surface area contributed by atoms with Crippen molar-refractivity contribution in [1.29, 1.82) is 0 Å². The molecule has 0 aliphatic heterocycles. The minimum Gasteiger partial charge on any atom is -0.357 e. The van der Waals surface area contributed by atoms with Gasteiger partial charge in [-0.2, -0.15) is 0 Å². The molecule has 0 unspecified atom stereocenters. The lowest BCUT2D eigenvalue weighted by molar-refractivity contribution is 0.590. The maximum atomic E-state index is 4.20. The first-order valence-corrected chi connectivity index (χ1v) is 6.11. The summed E-state index contributed by atoms with van der Waals surface area (Å²) in [6, 6.07) is 8.51. The Hall–Kier alpha value is -1.84. The summed E-state index contributed by atoms with van der Waals surface area (Å²) in [5.41, 5.74) is 2.58. The second-order valence-electron chi connectivity index (χ2n) is 5.48. The first kappa shape index (κ1) is 12.6.